The van der Waals surface area contributed by atoms with Gasteiger partial charge in [0, 0.05) is 16.7 Å². The van der Waals surface area contributed by atoms with Crippen molar-refractivity contribution >= 4 is 22.4 Å². The summed E-state index contributed by atoms with van der Waals surface area (Å²) in [7, 11) is 0. The molecule has 0 aliphatic rings. The Labute approximate surface area is 170 Å². The second-order valence-corrected chi connectivity index (χ2v) is 6.57. The Morgan fingerprint density at radius 3 is 2.43 bits per heavy atom. The minimum absolute atomic E-state index is 0.0991. The number of amides is 1. The fourth-order valence-electron chi connectivity index (χ4n) is 2.75. The van der Waals surface area contributed by atoms with Crippen molar-refractivity contribution in [2.45, 2.75) is 19.2 Å². The van der Waals surface area contributed by atoms with Gasteiger partial charge in [-0.1, -0.05) is 12.1 Å². The molecule has 0 aliphatic carbocycles. The number of carbonyl (C=O) groups excluding carboxylic acids is 1. The van der Waals surface area contributed by atoms with E-state index in [1.54, 1.807) is 30.3 Å². The van der Waals surface area contributed by atoms with Crippen molar-refractivity contribution in [3.63, 3.8) is 0 Å². The maximum absolute atomic E-state index is 12.7. The summed E-state index contributed by atoms with van der Waals surface area (Å²) in [6.07, 6.45) is -5.63. The molecule has 0 saturated carbocycles. The molecule has 0 unspecified atom stereocenters. The van der Waals surface area contributed by atoms with E-state index < -0.39 is 30.4 Å². The maximum atomic E-state index is 12.7. The van der Waals surface area contributed by atoms with Crippen molar-refractivity contribution in [2.24, 2.45) is 4.99 Å². The summed E-state index contributed by atoms with van der Waals surface area (Å²) in [5.41, 5.74) is -0.390. The second-order valence-electron chi connectivity index (χ2n) is 6.57. The van der Waals surface area contributed by atoms with Gasteiger partial charge in [-0.2, -0.15) is 13.2 Å². The van der Waals surface area contributed by atoms with Gasteiger partial charge >= 0.3 is 6.18 Å². The standard InChI is InChI=1S/C22H18F3NO4/c1-13(19(28)12-27)26-21(29)15-5-10-18-14(11-15)3-2-4-20(18)30-17-8-6-16(7-9-17)22(23,24)25/h2-11,19,27-28H,12H2,1H3/t19-/m0/s1. The molecular weight excluding hydrogens is 399 g/mol. The van der Waals surface area contributed by atoms with Crippen LogP contribution in [0.2, 0.25) is 0 Å². The van der Waals surface area contributed by atoms with Crippen LogP contribution in [-0.4, -0.2) is 34.5 Å². The van der Waals surface area contributed by atoms with Gasteiger partial charge in [0.15, 0.2) is 0 Å². The number of nitrogens with zero attached hydrogens (tertiary/aromatic N) is 1. The van der Waals surface area contributed by atoms with E-state index in [1.807, 2.05) is 0 Å². The van der Waals surface area contributed by atoms with Gasteiger partial charge in [0.2, 0.25) is 0 Å². The van der Waals surface area contributed by atoms with E-state index in [4.69, 9.17) is 9.84 Å². The summed E-state index contributed by atoms with van der Waals surface area (Å²) in [6.45, 7) is 0.904. The molecule has 3 aromatic rings. The molecule has 1 atom stereocenters. The Morgan fingerprint density at radius 2 is 1.80 bits per heavy atom. The molecule has 30 heavy (non-hydrogen) atoms. The van der Waals surface area contributed by atoms with Crippen molar-refractivity contribution in [1.29, 1.82) is 0 Å². The number of ether oxygens (including phenoxy) is 1. The summed E-state index contributed by atoms with van der Waals surface area (Å²) < 4.78 is 43.8. The average molecular weight is 417 g/mol. The number of hydrogen-bond donors (Lipinski definition) is 2. The molecular formula is C22H18F3NO4. The number of aliphatic hydroxyl groups is 2. The molecule has 5 nitrogen and oxygen atoms in total. The van der Waals surface area contributed by atoms with Crippen molar-refractivity contribution in [2.75, 3.05) is 6.61 Å². The summed E-state index contributed by atoms with van der Waals surface area (Å²) in [4.78, 5) is 16.1. The fourth-order valence-corrected chi connectivity index (χ4v) is 2.75. The topological polar surface area (TPSA) is 79.1 Å². The van der Waals surface area contributed by atoms with E-state index in [9.17, 15) is 23.1 Å². The van der Waals surface area contributed by atoms with Crippen LogP contribution in [0.4, 0.5) is 13.2 Å². The first kappa shape index (κ1) is 21.5. The van der Waals surface area contributed by atoms with E-state index in [2.05, 4.69) is 4.99 Å². The number of rotatable bonds is 5. The number of aliphatic imine (C=N–C) groups is 1. The number of carbonyl (C=O) groups is 1. The Morgan fingerprint density at radius 1 is 1.10 bits per heavy atom. The highest BCUT2D eigenvalue weighted by atomic mass is 19.4. The van der Waals surface area contributed by atoms with Crippen LogP contribution in [0, 0.1) is 0 Å². The van der Waals surface area contributed by atoms with Crippen LogP contribution in [-0.2, 0) is 6.18 Å². The molecule has 1 amide bonds. The van der Waals surface area contributed by atoms with Gasteiger partial charge in [0.1, 0.15) is 17.6 Å². The third-order valence-corrected chi connectivity index (χ3v) is 4.43. The van der Waals surface area contributed by atoms with Crippen LogP contribution in [0.5, 0.6) is 11.5 Å². The van der Waals surface area contributed by atoms with Crippen LogP contribution in [0.1, 0.15) is 22.8 Å². The third kappa shape index (κ3) is 4.84. The van der Waals surface area contributed by atoms with E-state index >= 15 is 0 Å². The van der Waals surface area contributed by atoms with Gasteiger partial charge < -0.3 is 14.9 Å². The second kappa shape index (κ2) is 8.64. The summed E-state index contributed by atoms with van der Waals surface area (Å²) in [5, 5.41) is 19.8. The largest absolute Gasteiger partial charge is 0.457 e. The fraction of sp³-hybridized carbons (Fsp3) is 0.182. The van der Waals surface area contributed by atoms with Gasteiger partial charge in [0.25, 0.3) is 5.91 Å². The lowest BCUT2D eigenvalue weighted by Crippen LogP contribution is -2.22. The first-order valence-electron chi connectivity index (χ1n) is 8.95. The lowest BCUT2D eigenvalue weighted by Gasteiger charge is -2.11. The quantitative estimate of drug-likeness (QED) is 0.595. The summed E-state index contributed by atoms with van der Waals surface area (Å²) >= 11 is 0. The van der Waals surface area contributed by atoms with Gasteiger partial charge in [-0.15, -0.1) is 0 Å². The number of fused-ring (bicyclic) bond motifs is 1. The maximum Gasteiger partial charge on any atom is 0.416 e. The Balaban J connectivity index is 1.87. The number of halogens is 3. The van der Waals surface area contributed by atoms with Crippen LogP contribution in [0.25, 0.3) is 10.8 Å². The van der Waals surface area contributed by atoms with Gasteiger partial charge in [-0.05, 0) is 60.8 Å². The minimum atomic E-state index is -4.42. The third-order valence-electron chi connectivity index (χ3n) is 4.43. The smallest absolute Gasteiger partial charge is 0.416 e. The Bertz CT molecular complexity index is 1090. The number of alkyl halides is 3. The minimum Gasteiger partial charge on any atom is -0.457 e. The Kier molecular flexibility index (Phi) is 6.19. The molecule has 3 aromatic carbocycles. The first-order valence-corrected chi connectivity index (χ1v) is 8.95. The molecule has 2 N–H and O–H groups in total. The Hall–Kier alpha value is -3.23. The average Bonchev–Trinajstić information content (AvgIpc) is 2.72. The van der Waals surface area contributed by atoms with Crippen molar-refractivity contribution < 1.29 is 32.9 Å². The van der Waals surface area contributed by atoms with Gasteiger partial charge in [0.05, 0.1) is 12.2 Å². The number of aliphatic hydroxyl groups excluding tert-OH is 2. The van der Waals surface area contributed by atoms with Crippen molar-refractivity contribution in [3.8, 4) is 11.5 Å². The summed E-state index contributed by atoms with van der Waals surface area (Å²) in [6, 6.07) is 14.3. The van der Waals surface area contributed by atoms with Gasteiger partial charge in [-0.25, -0.2) is 4.99 Å². The number of hydrogen-bond acceptors (Lipinski definition) is 4. The molecule has 8 heteroatoms. The van der Waals surface area contributed by atoms with E-state index in [0.717, 1.165) is 12.1 Å². The highest BCUT2D eigenvalue weighted by Gasteiger charge is 2.30. The van der Waals surface area contributed by atoms with E-state index in [-0.39, 0.29) is 17.0 Å². The van der Waals surface area contributed by atoms with Crippen LogP contribution < -0.4 is 4.74 Å². The van der Waals surface area contributed by atoms with Crippen LogP contribution >= 0.6 is 0 Å². The lowest BCUT2D eigenvalue weighted by molar-refractivity contribution is -0.137. The predicted octanol–water partition coefficient (Wildman–Crippen LogP) is 4.61. The number of benzene rings is 3. The first-order chi connectivity index (χ1) is 14.2. The molecule has 0 aromatic heterocycles. The van der Waals surface area contributed by atoms with Gasteiger partial charge in [-0.3, -0.25) is 4.79 Å². The highest BCUT2D eigenvalue weighted by molar-refractivity contribution is 6.06. The molecule has 0 radical (unpaired) electrons. The monoisotopic (exact) mass is 417 g/mol. The summed E-state index contributed by atoms with van der Waals surface area (Å²) in [5.74, 6) is 0.0893. The molecule has 0 heterocycles. The molecule has 0 saturated heterocycles. The van der Waals surface area contributed by atoms with E-state index in [1.165, 1.54) is 25.1 Å². The van der Waals surface area contributed by atoms with Crippen LogP contribution in [0.15, 0.2) is 65.7 Å². The molecule has 0 aliphatic heterocycles. The molecule has 0 fully saturated rings. The van der Waals surface area contributed by atoms with Crippen LogP contribution in [0.3, 0.4) is 0 Å². The normalized spacial score (nSPS) is 13.3. The van der Waals surface area contributed by atoms with E-state index in [0.29, 0.717) is 16.5 Å². The molecule has 3 rings (SSSR count). The highest BCUT2D eigenvalue weighted by Crippen LogP contribution is 2.33. The molecule has 156 valence electrons. The zero-order chi connectivity index (χ0) is 21.9. The molecule has 0 spiro atoms. The lowest BCUT2D eigenvalue weighted by atomic mass is 10.1. The predicted molar refractivity (Wildman–Crippen MR) is 106 cm³/mol. The molecule has 0 bridgehead atoms. The zero-order valence-corrected chi connectivity index (χ0v) is 15.8. The zero-order valence-electron chi connectivity index (χ0n) is 15.8. The van der Waals surface area contributed by atoms with Crippen molar-refractivity contribution in [3.05, 3.63) is 71.8 Å². The SMILES string of the molecule is CC(=NC(=O)c1ccc2c(Oc3ccc(C(F)(F)F)cc3)cccc2c1)[C@@H](O)CO. The van der Waals surface area contributed by atoms with Crippen molar-refractivity contribution in [1.82, 2.24) is 0 Å².